The summed E-state index contributed by atoms with van der Waals surface area (Å²) in [5.41, 5.74) is 1.10. The van der Waals surface area contributed by atoms with Gasteiger partial charge in [0.15, 0.2) is 0 Å². The Morgan fingerprint density at radius 3 is 2.08 bits per heavy atom. The van der Waals surface area contributed by atoms with Crippen LogP contribution in [0.15, 0.2) is 48.5 Å². The maximum Gasteiger partial charge on any atom is 0.129 e. The molecule has 0 aromatic heterocycles. The van der Waals surface area contributed by atoms with Crippen molar-refractivity contribution in [3.05, 3.63) is 53.6 Å². The number of hydrogen-bond donors (Lipinski definition) is 1. The van der Waals surface area contributed by atoms with E-state index in [1.807, 2.05) is 42.5 Å². The lowest BCUT2D eigenvalue weighted by Gasteiger charge is -2.10. The van der Waals surface area contributed by atoms with Gasteiger partial charge in [0.1, 0.15) is 11.5 Å². The van der Waals surface area contributed by atoms with Gasteiger partial charge in [-0.05, 0) is 36.8 Å². The highest BCUT2D eigenvalue weighted by Gasteiger charge is 2.00. The van der Waals surface area contributed by atoms with E-state index in [0.717, 1.165) is 23.7 Å². The quantitative estimate of drug-likeness (QED) is 0.358. The molecule has 0 aliphatic heterocycles. The van der Waals surface area contributed by atoms with E-state index in [0.29, 0.717) is 5.02 Å². The van der Waals surface area contributed by atoms with Gasteiger partial charge >= 0.3 is 0 Å². The fraction of sp³-hybridized carbons (Fsp3) is 0.478. The van der Waals surface area contributed by atoms with Crippen molar-refractivity contribution in [1.82, 2.24) is 0 Å². The minimum atomic E-state index is 0.683. The molecule has 2 aromatic rings. The van der Waals surface area contributed by atoms with Crippen LogP contribution in [0.25, 0.3) is 0 Å². The van der Waals surface area contributed by atoms with Crippen LogP contribution in [0, 0.1) is 0 Å². The standard InChI is InChI=1S/C23H32ClNO/c1-2-3-4-5-6-7-8-9-10-17-25-21-14-12-16-23(19-21)26-22-15-11-13-20(24)18-22/h11-16,18-19,25H,2-10,17H2,1H3. The highest BCUT2D eigenvalue weighted by molar-refractivity contribution is 6.30. The molecule has 0 radical (unpaired) electrons. The van der Waals surface area contributed by atoms with E-state index < -0.39 is 0 Å². The lowest BCUT2D eigenvalue weighted by molar-refractivity contribution is 0.483. The van der Waals surface area contributed by atoms with Gasteiger partial charge in [-0.25, -0.2) is 0 Å². The molecule has 0 spiro atoms. The molecule has 2 nitrogen and oxygen atoms in total. The summed E-state index contributed by atoms with van der Waals surface area (Å²) in [5, 5.41) is 4.18. The summed E-state index contributed by atoms with van der Waals surface area (Å²) in [7, 11) is 0. The van der Waals surface area contributed by atoms with Gasteiger partial charge in [-0.3, -0.25) is 0 Å². The molecular formula is C23H32ClNO. The molecule has 0 amide bonds. The summed E-state index contributed by atoms with van der Waals surface area (Å²) in [5.74, 6) is 1.58. The summed E-state index contributed by atoms with van der Waals surface area (Å²) in [6.07, 6.45) is 12.2. The second-order valence-corrected chi connectivity index (χ2v) is 7.28. The van der Waals surface area contributed by atoms with E-state index in [-0.39, 0.29) is 0 Å². The van der Waals surface area contributed by atoms with Crippen LogP contribution in [0.4, 0.5) is 5.69 Å². The summed E-state index contributed by atoms with van der Waals surface area (Å²) >= 11 is 6.00. The van der Waals surface area contributed by atoms with E-state index in [4.69, 9.17) is 16.3 Å². The van der Waals surface area contributed by atoms with E-state index in [9.17, 15) is 0 Å². The monoisotopic (exact) mass is 373 g/mol. The number of anilines is 1. The zero-order chi connectivity index (χ0) is 18.5. The zero-order valence-corrected chi connectivity index (χ0v) is 16.7. The van der Waals surface area contributed by atoms with Crippen molar-refractivity contribution < 1.29 is 4.74 Å². The molecule has 2 rings (SSSR count). The molecule has 142 valence electrons. The predicted octanol–water partition coefficient (Wildman–Crippen LogP) is 8.08. The fourth-order valence-electron chi connectivity index (χ4n) is 3.00. The minimum absolute atomic E-state index is 0.683. The average Bonchev–Trinajstić information content (AvgIpc) is 2.64. The van der Waals surface area contributed by atoms with E-state index >= 15 is 0 Å². The third-order valence-electron chi connectivity index (χ3n) is 4.48. The van der Waals surface area contributed by atoms with Gasteiger partial charge in [-0.1, -0.05) is 82.0 Å². The first-order valence-corrected chi connectivity index (χ1v) is 10.4. The molecule has 0 saturated heterocycles. The van der Waals surface area contributed by atoms with Crippen LogP contribution in [0.1, 0.15) is 64.7 Å². The molecule has 0 bridgehead atoms. The van der Waals surface area contributed by atoms with E-state index in [2.05, 4.69) is 18.3 Å². The Labute approximate surface area is 163 Å². The van der Waals surface area contributed by atoms with Crippen LogP contribution in [-0.2, 0) is 0 Å². The lowest BCUT2D eigenvalue weighted by atomic mass is 10.1. The molecule has 0 heterocycles. The van der Waals surface area contributed by atoms with Crippen molar-refractivity contribution in [3.63, 3.8) is 0 Å². The summed E-state index contributed by atoms with van der Waals surface area (Å²) in [6.45, 7) is 3.28. The molecule has 26 heavy (non-hydrogen) atoms. The minimum Gasteiger partial charge on any atom is -0.457 e. The highest BCUT2D eigenvalue weighted by atomic mass is 35.5. The molecule has 0 atom stereocenters. The Hall–Kier alpha value is -1.67. The molecule has 0 aliphatic rings. The predicted molar refractivity (Wildman–Crippen MR) is 114 cm³/mol. The van der Waals surface area contributed by atoms with Gasteiger partial charge in [-0.2, -0.15) is 0 Å². The van der Waals surface area contributed by atoms with Gasteiger partial charge in [0.25, 0.3) is 0 Å². The average molecular weight is 374 g/mol. The van der Waals surface area contributed by atoms with Crippen molar-refractivity contribution in [2.24, 2.45) is 0 Å². The number of rotatable bonds is 13. The molecule has 0 unspecified atom stereocenters. The first-order valence-electron chi connectivity index (χ1n) is 10.1. The van der Waals surface area contributed by atoms with E-state index in [1.54, 1.807) is 0 Å². The molecule has 0 aliphatic carbocycles. The van der Waals surface area contributed by atoms with Crippen molar-refractivity contribution in [1.29, 1.82) is 0 Å². The van der Waals surface area contributed by atoms with Crippen molar-refractivity contribution in [2.75, 3.05) is 11.9 Å². The zero-order valence-electron chi connectivity index (χ0n) is 16.0. The lowest BCUT2D eigenvalue weighted by Crippen LogP contribution is -2.01. The summed E-state index contributed by atoms with van der Waals surface area (Å²) < 4.78 is 5.88. The van der Waals surface area contributed by atoms with Crippen molar-refractivity contribution in [2.45, 2.75) is 64.7 Å². The van der Waals surface area contributed by atoms with Crippen LogP contribution >= 0.6 is 11.6 Å². The molecule has 0 saturated carbocycles. The Morgan fingerprint density at radius 1 is 0.769 bits per heavy atom. The van der Waals surface area contributed by atoms with Gasteiger partial charge in [0.05, 0.1) is 0 Å². The Morgan fingerprint density at radius 2 is 1.38 bits per heavy atom. The smallest absolute Gasteiger partial charge is 0.129 e. The molecule has 3 heteroatoms. The number of halogens is 1. The van der Waals surface area contributed by atoms with E-state index in [1.165, 1.54) is 57.8 Å². The number of unbranched alkanes of at least 4 members (excludes halogenated alkanes) is 8. The third-order valence-corrected chi connectivity index (χ3v) is 4.71. The van der Waals surface area contributed by atoms with Crippen LogP contribution in [0.5, 0.6) is 11.5 Å². The molecular weight excluding hydrogens is 342 g/mol. The van der Waals surface area contributed by atoms with Crippen LogP contribution in [0.2, 0.25) is 5.02 Å². The summed E-state index contributed by atoms with van der Waals surface area (Å²) in [6, 6.07) is 15.6. The van der Waals surface area contributed by atoms with Gasteiger partial charge in [0, 0.05) is 23.3 Å². The maximum absolute atomic E-state index is 6.00. The number of nitrogens with one attached hydrogen (secondary N) is 1. The molecule has 2 aromatic carbocycles. The normalized spacial score (nSPS) is 10.7. The summed E-state index contributed by atoms with van der Waals surface area (Å²) in [4.78, 5) is 0. The number of hydrogen-bond acceptors (Lipinski definition) is 2. The highest BCUT2D eigenvalue weighted by Crippen LogP contribution is 2.26. The number of benzene rings is 2. The SMILES string of the molecule is CCCCCCCCCCCNc1cccc(Oc2cccc(Cl)c2)c1. The third kappa shape index (κ3) is 8.62. The van der Waals surface area contributed by atoms with Gasteiger partial charge < -0.3 is 10.1 Å². The number of ether oxygens (including phenoxy) is 1. The van der Waals surface area contributed by atoms with Crippen LogP contribution < -0.4 is 10.1 Å². The first-order chi connectivity index (χ1) is 12.8. The Balaban J connectivity index is 1.61. The Kier molecular flexibility index (Phi) is 10.0. The van der Waals surface area contributed by atoms with Gasteiger partial charge in [-0.15, -0.1) is 0 Å². The van der Waals surface area contributed by atoms with Crippen LogP contribution in [-0.4, -0.2) is 6.54 Å². The maximum atomic E-state index is 6.00. The van der Waals surface area contributed by atoms with Crippen LogP contribution in [0.3, 0.4) is 0 Å². The first kappa shape index (κ1) is 20.6. The topological polar surface area (TPSA) is 21.3 Å². The molecule has 0 fully saturated rings. The fourth-order valence-corrected chi connectivity index (χ4v) is 3.18. The second kappa shape index (κ2) is 12.6. The van der Waals surface area contributed by atoms with Gasteiger partial charge in [0.2, 0.25) is 0 Å². The van der Waals surface area contributed by atoms with Crippen molar-refractivity contribution in [3.8, 4) is 11.5 Å². The molecule has 1 N–H and O–H groups in total. The second-order valence-electron chi connectivity index (χ2n) is 6.84. The van der Waals surface area contributed by atoms with Crippen molar-refractivity contribution >= 4 is 17.3 Å². The Bertz CT molecular complexity index is 629. The largest absolute Gasteiger partial charge is 0.457 e.